The molecule has 2 rings (SSSR count). The van der Waals surface area contributed by atoms with Crippen LogP contribution in [0.15, 0.2) is 24.3 Å². The Bertz CT molecular complexity index is 420. The molecule has 0 saturated heterocycles. The van der Waals surface area contributed by atoms with Gasteiger partial charge in [-0.05, 0) is 43.5 Å². The van der Waals surface area contributed by atoms with E-state index in [1.165, 1.54) is 0 Å². The molecular weight excluding hydrogens is 266 g/mol. The lowest BCUT2D eigenvalue weighted by atomic mass is 10.1. The highest BCUT2D eigenvalue weighted by Gasteiger charge is 2.35. The largest absolute Gasteiger partial charge is 0.317 e. The molecule has 1 aliphatic carbocycles. The van der Waals surface area contributed by atoms with E-state index >= 15 is 0 Å². The topological polar surface area (TPSA) is 29.1 Å². The van der Waals surface area contributed by atoms with Gasteiger partial charge in [0, 0.05) is 32.9 Å². The van der Waals surface area contributed by atoms with E-state index in [1.54, 1.807) is 0 Å². The van der Waals surface area contributed by atoms with Crippen molar-refractivity contribution in [1.82, 2.24) is 5.32 Å². The van der Waals surface area contributed by atoms with Crippen molar-refractivity contribution in [2.75, 3.05) is 7.05 Å². The minimum Gasteiger partial charge on any atom is -0.317 e. The Labute approximate surface area is 117 Å². The van der Waals surface area contributed by atoms with Gasteiger partial charge in [-0.2, -0.15) is 0 Å². The molecule has 1 saturated carbocycles. The van der Waals surface area contributed by atoms with Gasteiger partial charge in [0.25, 0.3) is 0 Å². The van der Waals surface area contributed by atoms with E-state index in [-0.39, 0.29) is 0 Å². The lowest BCUT2D eigenvalue weighted by molar-refractivity contribution is 0.460. The summed E-state index contributed by atoms with van der Waals surface area (Å²) in [6.45, 7) is 2.21. The molecule has 1 aromatic rings. The fraction of sp³-hybridized carbons (Fsp3) is 0.571. The Morgan fingerprint density at radius 1 is 1.33 bits per heavy atom. The average Bonchev–Trinajstić information content (AvgIpc) is 2.73. The van der Waals surface area contributed by atoms with Crippen molar-refractivity contribution in [2.24, 2.45) is 5.92 Å². The van der Waals surface area contributed by atoms with Crippen LogP contribution in [-0.4, -0.2) is 22.5 Å². The summed E-state index contributed by atoms with van der Waals surface area (Å²) >= 11 is 5.85. The minimum absolute atomic E-state index is 0.318. The number of benzene rings is 1. The fourth-order valence-corrected chi connectivity index (χ4v) is 4.69. The van der Waals surface area contributed by atoms with Crippen LogP contribution in [0.25, 0.3) is 0 Å². The SMILES string of the molecule is CNC1CCC(S(=O)Cc2ccc(Cl)cc2)C1C. The van der Waals surface area contributed by atoms with Crippen LogP contribution < -0.4 is 5.32 Å². The van der Waals surface area contributed by atoms with Crippen LogP contribution in [-0.2, 0) is 16.6 Å². The molecule has 2 nitrogen and oxygen atoms in total. The molecule has 1 aromatic carbocycles. The molecule has 1 N–H and O–H groups in total. The van der Waals surface area contributed by atoms with Gasteiger partial charge in [-0.1, -0.05) is 30.7 Å². The molecule has 0 bridgehead atoms. The summed E-state index contributed by atoms with van der Waals surface area (Å²) in [6.07, 6.45) is 2.20. The molecule has 0 radical (unpaired) electrons. The minimum atomic E-state index is -0.788. The smallest absolute Gasteiger partial charge is 0.0488 e. The van der Waals surface area contributed by atoms with Gasteiger partial charge in [0.2, 0.25) is 0 Å². The first kappa shape index (κ1) is 14.0. The first-order valence-corrected chi connectivity index (χ1v) is 8.16. The van der Waals surface area contributed by atoms with Crippen molar-refractivity contribution in [3.63, 3.8) is 0 Å². The Hall–Kier alpha value is -0.380. The van der Waals surface area contributed by atoms with Crippen LogP contribution in [0.2, 0.25) is 5.02 Å². The van der Waals surface area contributed by atoms with E-state index in [0.29, 0.717) is 23.0 Å². The summed E-state index contributed by atoms with van der Waals surface area (Å²) in [5, 5.41) is 4.37. The highest BCUT2D eigenvalue weighted by molar-refractivity contribution is 7.84. The molecule has 4 unspecified atom stereocenters. The third kappa shape index (κ3) is 3.14. The van der Waals surface area contributed by atoms with Crippen molar-refractivity contribution in [3.05, 3.63) is 34.9 Å². The van der Waals surface area contributed by atoms with E-state index in [4.69, 9.17) is 11.6 Å². The molecule has 0 aromatic heterocycles. The maximum absolute atomic E-state index is 12.4. The molecule has 18 heavy (non-hydrogen) atoms. The predicted octanol–water partition coefficient (Wildman–Crippen LogP) is 2.98. The second-order valence-electron chi connectivity index (χ2n) is 5.02. The number of nitrogens with one attached hydrogen (secondary N) is 1. The van der Waals surface area contributed by atoms with Crippen LogP contribution in [0.3, 0.4) is 0 Å². The standard InChI is InChI=1S/C14H20ClNOS/c1-10-13(16-2)7-8-14(10)18(17)9-11-3-5-12(15)6-4-11/h3-6,10,13-14,16H,7-9H2,1-2H3. The quantitative estimate of drug-likeness (QED) is 0.921. The highest BCUT2D eigenvalue weighted by Crippen LogP contribution is 2.30. The summed E-state index contributed by atoms with van der Waals surface area (Å²) in [5.74, 6) is 1.13. The van der Waals surface area contributed by atoms with E-state index in [9.17, 15) is 4.21 Å². The lowest BCUT2D eigenvalue weighted by Crippen LogP contribution is -2.32. The predicted molar refractivity (Wildman–Crippen MR) is 78.3 cm³/mol. The fourth-order valence-electron chi connectivity index (χ4n) is 2.76. The number of hydrogen-bond acceptors (Lipinski definition) is 2. The zero-order chi connectivity index (χ0) is 13.1. The number of halogens is 1. The highest BCUT2D eigenvalue weighted by atomic mass is 35.5. The maximum Gasteiger partial charge on any atom is 0.0488 e. The first-order chi connectivity index (χ1) is 8.61. The van der Waals surface area contributed by atoms with Gasteiger partial charge in [-0.25, -0.2) is 0 Å². The van der Waals surface area contributed by atoms with Gasteiger partial charge in [0.15, 0.2) is 0 Å². The second kappa shape index (κ2) is 6.18. The van der Waals surface area contributed by atoms with Gasteiger partial charge < -0.3 is 5.32 Å². The van der Waals surface area contributed by atoms with Crippen molar-refractivity contribution in [3.8, 4) is 0 Å². The molecule has 1 aliphatic rings. The first-order valence-electron chi connectivity index (χ1n) is 6.40. The Morgan fingerprint density at radius 2 is 2.00 bits per heavy atom. The van der Waals surface area contributed by atoms with Crippen LogP contribution in [0.4, 0.5) is 0 Å². The summed E-state index contributed by atoms with van der Waals surface area (Å²) in [4.78, 5) is 0. The molecule has 0 heterocycles. The van der Waals surface area contributed by atoms with Gasteiger partial charge in [0.05, 0.1) is 0 Å². The Kier molecular flexibility index (Phi) is 4.82. The maximum atomic E-state index is 12.4. The third-order valence-electron chi connectivity index (χ3n) is 3.91. The van der Waals surface area contributed by atoms with Crippen LogP contribution in [0, 0.1) is 5.92 Å². The van der Waals surface area contributed by atoms with E-state index < -0.39 is 10.8 Å². The van der Waals surface area contributed by atoms with Crippen molar-refractivity contribution in [2.45, 2.75) is 36.8 Å². The molecule has 1 fully saturated rings. The molecule has 0 amide bonds. The van der Waals surface area contributed by atoms with Gasteiger partial charge in [-0.15, -0.1) is 0 Å². The Morgan fingerprint density at radius 3 is 2.56 bits per heavy atom. The molecule has 4 heteroatoms. The Balaban J connectivity index is 1.98. The second-order valence-corrected chi connectivity index (χ2v) is 7.11. The van der Waals surface area contributed by atoms with Crippen molar-refractivity contribution in [1.29, 1.82) is 0 Å². The van der Waals surface area contributed by atoms with Gasteiger partial charge in [-0.3, -0.25) is 4.21 Å². The van der Waals surface area contributed by atoms with Crippen LogP contribution in [0.1, 0.15) is 25.3 Å². The molecule has 0 aliphatic heterocycles. The number of rotatable bonds is 4. The molecule has 0 spiro atoms. The number of hydrogen-bond donors (Lipinski definition) is 1. The van der Waals surface area contributed by atoms with Gasteiger partial charge >= 0.3 is 0 Å². The lowest BCUT2D eigenvalue weighted by Gasteiger charge is -2.19. The summed E-state index contributed by atoms with van der Waals surface area (Å²) in [6, 6.07) is 8.18. The van der Waals surface area contributed by atoms with E-state index in [0.717, 1.165) is 23.4 Å². The molecule has 4 atom stereocenters. The van der Waals surface area contributed by atoms with Crippen LogP contribution in [0.5, 0.6) is 0 Å². The zero-order valence-corrected chi connectivity index (χ0v) is 12.4. The molecule has 100 valence electrons. The van der Waals surface area contributed by atoms with E-state index in [1.807, 2.05) is 31.3 Å². The van der Waals surface area contributed by atoms with E-state index in [2.05, 4.69) is 12.2 Å². The monoisotopic (exact) mass is 285 g/mol. The third-order valence-corrected chi connectivity index (χ3v) is 6.12. The normalized spacial score (nSPS) is 29.4. The van der Waals surface area contributed by atoms with Crippen molar-refractivity contribution < 1.29 is 4.21 Å². The molecular formula is C14H20ClNOS. The summed E-state index contributed by atoms with van der Waals surface area (Å²) in [7, 11) is 1.20. The summed E-state index contributed by atoms with van der Waals surface area (Å²) < 4.78 is 12.4. The zero-order valence-electron chi connectivity index (χ0n) is 10.9. The summed E-state index contributed by atoms with van der Waals surface area (Å²) in [5.41, 5.74) is 1.11. The van der Waals surface area contributed by atoms with Crippen molar-refractivity contribution >= 4 is 22.4 Å². The van der Waals surface area contributed by atoms with Gasteiger partial charge in [0.1, 0.15) is 0 Å². The average molecular weight is 286 g/mol. The van der Waals surface area contributed by atoms with Crippen LogP contribution >= 0.6 is 11.6 Å².